The maximum atomic E-state index is 11.8. The van der Waals surface area contributed by atoms with E-state index in [4.69, 9.17) is 10.5 Å². The highest BCUT2D eigenvalue weighted by atomic mass is 16.5. The van der Waals surface area contributed by atoms with Crippen molar-refractivity contribution in [2.75, 3.05) is 13.2 Å². The second-order valence-corrected chi connectivity index (χ2v) is 5.86. The molecule has 0 radical (unpaired) electrons. The summed E-state index contributed by atoms with van der Waals surface area (Å²) >= 11 is 0. The fourth-order valence-electron chi connectivity index (χ4n) is 3.10. The Morgan fingerprint density at radius 1 is 1.28 bits per heavy atom. The molecule has 0 saturated heterocycles. The summed E-state index contributed by atoms with van der Waals surface area (Å²) in [5.74, 6) is 1.34. The molecule has 0 aliphatic heterocycles. The van der Waals surface area contributed by atoms with Gasteiger partial charge in [-0.3, -0.25) is 4.79 Å². The van der Waals surface area contributed by atoms with Crippen LogP contribution in [0.25, 0.3) is 0 Å². The Morgan fingerprint density at radius 3 is 2.67 bits per heavy atom. The van der Waals surface area contributed by atoms with Gasteiger partial charge < -0.3 is 15.8 Å². The van der Waals surface area contributed by atoms with Gasteiger partial charge in [0.1, 0.15) is 0 Å². The van der Waals surface area contributed by atoms with Crippen LogP contribution in [0.4, 0.5) is 0 Å². The minimum Gasteiger partial charge on any atom is -0.378 e. The van der Waals surface area contributed by atoms with Gasteiger partial charge in [-0.05, 0) is 50.9 Å². The molecule has 3 N–H and O–H groups in total. The summed E-state index contributed by atoms with van der Waals surface area (Å²) in [7, 11) is 0. The van der Waals surface area contributed by atoms with E-state index < -0.39 is 0 Å². The SMILES string of the molecule is CCOC1CC(CC(=O)NCC2CCC(N)C2)C1. The maximum absolute atomic E-state index is 11.8. The van der Waals surface area contributed by atoms with Gasteiger partial charge in [0.25, 0.3) is 0 Å². The predicted molar refractivity (Wildman–Crippen MR) is 71.1 cm³/mol. The second-order valence-electron chi connectivity index (χ2n) is 5.86. The number of hydrogen-bond donors (Lipinski definition) is 2. The molecule has 2 aliphatic rings. The topological polar surface area (TPSA) is 64.3 Å². The Kier molecular flexibility index (Phi) is 5.01. The summed E-state index contributed by atoms with van der Waals surface area (Å²) in [6.45, 7) is 3.62. The molecule has 2 atom stereocenters. The van der Waals surface area contributed by atoms with E-state index in [1.54, 1.807) is 0 Å². The van der Waals surface area contributed by atoms with Gasteiger partial charge in [-0.2, -0.15) is 0 Å². The van der Waals surface area contributed by atoms with Crippen LogP contribution < -0.4 is 11.1 Å². The number of ether oxygens (including phenoxy) is 1. The number of nitrogens with two attached hydrogens (primary N) is 1. The zero-order chi connectivity index (χ0) is 13.0. The van der Waals surface area contributed by atoms with E-state index >= 15 is 0 Å². The first kappa shape index (κ1) is 13.8. The van der Waals surface area contributed by atoms with E-state index in [1.807, 2.05) is 6.92 Å². The maximum Gasteiger partial charge on any atom is 0.220 e. The largest absolute Gasteiger partial charge is 0.378 e. The van der Waals surface area contributed by atoms with Crippen molar-refractivity contribution in [2.45, 2.75) is 57.6 Å². The van der Waals surface area contributed by atoms with Crippen LogP contribution in [0.3, 0.4) is 0 Å². The lowest BCUT2D eigenvalue weighted by Crippen LogP contribution is -2.37. The van der Waals surface area contributed by atoms with Gasteiger partial charge in [-0.15, -0.1) is 0 Å². The third kappa shape index (κ3) is 3.95. The van der Waals surface area contributed by atoms with Crippen LogP contribution in [-0.4, -0.2) is 31.2 Å². The van der Waals surface area contributed by atoms with Gasteiger partial charge in [-0.25, -0.2) is 0 Å². The molecule has 1 amide bonds. The van der Waals surface area contributed by atoms with E-state index in [1.165, 1.54) is 0 Å². The van der Waals surface area contributed by atoms with Crippen LogP contribution in [-0.2, 0) is 9.53 Å². The molecule has 0 aromatic rings. The van der Waals surface area contributed by atoms with Gasteiger partial charge in [0, 0.05) is 25.6 Å². The lowest BCUT2D eigenvalue weighted by molar-refractivity contribution is -0.124. The Hall–Kier alpha value is -0.610. The van der Waals surface area contributed by atoms with E-state index in [-0.39, 0.29) is 5.91 Å². The van der Waals surface area contributed by atoms with E-state index in [9.17, 15) is 4.79 Å². The fourth-order valence-corrected chi connectivity index (χ4v) is 3.10. The number of amides is 1. The summed E-state index contributed by atoms with van der Waals surface area (Å²) in [5, 5.41) is 3.06. The minimum atomic E-state index is 0.204. The molecule has 2 rings (SSSR count). The molecular weight excluding hydrogens is 228 g/mol. The Bertz CT molecular complexity index is 277. The first-order chi connectivity index (χ1) is 8.67. The fraction of sp³-hybridized carbons (Fsp3) is 0.929. The van der Waals surface area contributed by atoms with Crippen molar-refractivity contribution < 1.29 is 9.53 Å². The smallest absolute Gasteiger partial charge is 0.220 e. The summed E-state index contributed by atoms with van der Waals surface area (Å²) in [6, 6.07) is 0.352. The molecule has 0 aromatic carbocycles. The predicted octanol–water partition coefficient (Wildman–Crippen LogP) is 1.44. The van der Waals surface area contributed by atoms with E-state index in [0.717, 1.165) is 45.3 Å². The molecule has 4 nitrogen and oxygen atoms in total. The zero-order valence-electron chi connectivity index (χ0n) is 11.4. The number of nitrogens with one attached hydrogen (secondary N) is 1. The molecule has 0 heterocycles. The number of carbonyl (C=O) groups excluding carboxylic acids is 1. The monoisotopic (exact) mass is 254 g/mol. The van der Waals surface area contributed by atoms with Crippen molar-refractivity contribution in [3.8, 4) is 0 Å². The standard InChI is InChI=1S/C14H26N2O2/c1-2-18-13-6-11(7-13)8-14(17)16-9-10-3-4-12(15)5-10/h10-13H,2-9,15H2,1H3,(H,16,17). The first-order valence-corrected chi connectivity index (χ1v) is 7.31. The molecule has 2 fully saturated rings. The highest BCUT2D eigenvalue weighted by molar-refractivity contribution is 5.76. The van der Waals surface area contributed by atoms with Crippen LogP contribution in [0.1, 0.15) is 45.4 Å². The average Bonchev–Trinajstić information content (AvgIpc) is 2.70. The van der Waals surface area contributed by atoms with Crippen molar-refractivity contribution >= 4 is 5.91 Å². The van der Waals surface area contributed by atoms with Crippen molar-refractivity contribution in [2.24, 2.45) is 17.6 Å². The van der Waals surface area contributed by atoms with E-state index in [2.05, 4.69) is 5.32 Å². The van der Waals surface area contributed by atoms with Crippen LogP contribution in [0.5, 0.6) is 0 Å². The quantitative estimate of drug-likeness (QED) is 0.754. The van der Waals surface area contributed by atoms with Crippen molar-refractivity contribution in [1.29, 1.82) is 0 Å². The molecule has 0 aromatic heterocycles. The molecular formula is C14H26N2O2. The van der Waals surface area contributed by atoms with Crippen LogP contribution in [0.15, 0.2) is 0 Å². The number of hydrogen-bond acceptors (Lipinski definition) is 3. The summed E-state index contributed by atoms with van der Waals surface area (Å²) in [4.78, 5) is 11.8. The third-order valence-electron chi connectivity index (χ3n) is 4.24. The van der Waals surface area contributed by atoms with Gasteiger partial charge >= 0.3 is 0 Å². The van der Waals surface area contributed by atoms with Gasteiger partial charge in [0.05, 0.1) is 6.10 Å². The van der Waals surface area contributed by atoms with Crippen LogP contribution in [0.2, 0.25) is 0 Å². The van der Waals surface area contributed by atoms with Crippen LogP contribution in [0, 0.1) is 11.8 Å². The second kappa shape index (κ2) is 6.53. The van der Waals surface area contributed by atoms with Crippen molar-refractivity contribution in [3.05, 3.63) is 0 Å². The van der Waals surface area contributed by atoms with Crippen LogP contribution >= 0.6 is 0 Å². The molecule has 4 heteroatoms. The lowest BCUT2D eigenvalue weighted by Gasteiger charge is -2.34. The zero-order valence-corrected chi connectivity index (χ0v) is 11.4. The van der Waals surface area contributed by atoms with Gasteiger partial charge in [0.2, 0.25) is 5.91 Å². The summed E-state index contributed by atoms with van der Waals surface area (Å²) in [5.41, 5.74) is 5.86. The Balaban J connectivity index is 1.53. The number of rotatable bonds is 6. The average molecular weight is 254 g/mol. The normalized spacial score (nSPS) is 35.2. The molecule has 2 saturated carbocycles. The van der Waals surface area contributed by atoms with Crippen molar-refractivity contribution in [3.63, 3.8) is 0 Å². The van der Waals surface area contributed by atoms with Gasteiger partial charge in [-0.1, -0.05) is 0 Å². The van der Waals surface area contributed by atoms with Gasteiger partial charge in [0.15, 0.2) is 0 Å². The molecule has 104 valence electrons. The number of carbonyl (C=O) groups is 1. The molecule has 2 unspecified atom stereocenters. The molecule has 0 bridgehead atoms. The lowest BCUT2D eigenvalue weighted by atomic mass is 9.80. The third-order valence-corrected chi connectivity index (χ3v) is 4.24. The highest BCUT2D eigenvalue weighted by Crippen LogP contribution is 2.32. The van der Waals surface area contributed by atoms with Crippen molar-refractivity contribution in [1.82, 2.24) is 5.32 Å². The summed E-state index contributed by atoms with van der Waals surface area (Å²) in [6.07, 6.45) is 6.51. The Morgan fingerprint density at radius 2 is 2.06 bits per heavy atom. The first-order valence-electron chi connectivity index (χ1n) is 7.31. The highest BCUT2D eigenvalue weighted by Gasteiger charge is 2.31. The minimum absolute atomic E-state index is 0.204. The summed E-state index contributed by atoms with van der Waals surface area (Å²) < 4.78 is 5.50. The molecule has 18 heavy (non-hydrogen) atoms. The molecule has 2 aliphatic carbocycles. The van der Waals surface area contributed by atoms with E-state index in [0.29, 0.717) is 30.4 Å². The molecule has 0 spiro atoms. The Labute approximate surface area is 110 Å².